The maximum Gasteiger partial charge on any atom is 0.338 e. The highest BCUT2D eigenvalue weighted by molar-refractivity contribution is 5.93. The van der Waals surface area contributed by atoms with Crippen LogP contribution in [-0.4, -0.2) is 122 Å². The van der Waals surface area contributed by atoms with Gasteiger partial charge in [0, 0.05) is 0 Å². The number of phenols is 12. The first-order chi connectivity index (χ1) is 25.2. The molecule has 21 heteroatoms. The van der Waals surface area contributed by atoms with E-state index in [2.05, 4.69) is 0 Å². The van der Waals surface area contributed by atoms with Crippen molar-refractivity contribution in [3.63, 3.8) is 0 Å². The number of rotatable bonds is 12. The number of ether oxygens (including phenoxy) is 4. The van der Waals surface area contributed by atoms with E-state index in [0.29, 0.717) is 48.5 Å². The Morgan fingerprint density at radius 2 is 0.667 bits per heavy atom. The molecule has 13 N–H and O–H groups in total. The van der Waals surface area contributed by atoms with Crippen molar-refractivity contribution in [2.75, 3.05) is 19.8 Å². The maximum atomic E-state index is 13.2. The molecule has 0 saturated carbocycles. The molecule has 0 aliphatic carbocycles. The molecule has 0 unspecified atom stereocenters. The number of hydrogen-bond donors (Lipinski definition) is 13. The van der Waals surface area contributed by atoms with Crippen LogP contribution in [0.1, 0.15) is 41.4 Å². The molecule has 4 aromatic rings. The Hall–Kier alpha value is -7.68. The molecule has 4 rings (SSSR count). The zero-order chi connectivity index (χ0) is 40.2. The minimum atomic E-state index is -3.04. The minimum absolute atomic E-state index is 0.592. The van der Waals surface area contributed by atoms with E-state index in [1.165, 1.54) is 0 Å². The Bertz CT molecular complexity index is 1980. The quantitative estimate of drug-likeness (QED) is 0.0543. The summed E-state index contributed by atoms with van der Waals surface area (Å²) in [5.41, 5.74) is -5.66. The molecular formula is C33H28O21. The fourth-order valence-corrected chi connectivity index (χ4v) is 4.39. The van der Waals surface area contributed by atoms with Crippen LogP contribution in [0.3, 0.4) is 0 Å². The monoisotopic (exact) mass is 760 g/mol. The van der Waals surface area contributed by atoms with E-state index in [9.17, 15) is 85.6 Å². The van der Waals surface area contributed by atoms with E-state index >= 15 is 0 Å². The van der Waals surface area contributed by atoms with Crippen molar-refractivity contribution >= 4 is 23.9 Å². The van der Waals surface area contributed by atoms with Crippen LogP contribution >= 0.6 is 0 Å². The van der Waals surface area contributed by atoms with E-state index in [1.807, 2.05) is 0 Å². The molecule has 0 aliphatic rings. The smallest absolute Gasteiger partial charge is 0.338 e. The first-order valence-electron chi connectivity index (χ1n) is 14.7. The van der Waals surface area contributed by atoms with Gasteiger partial charge in [-0.15, -0.1) is 0 Å². The number of hydrogen-bond acceptors (Lipinski definition) is 21. The third-order valence-corrected chi connectivity index (χ3v) is 7.34. The SMILES string of the molecule is O=C(OC[C@@H](OC(=O)c1cc(O)c(O)c(O)c1)C(O)(COC(=O)c1cc(O)c(O)c(O)c1)COC(=O)c1cc(O)c(O)c(O)c1)c1cc(O)c(O)c(O)c1. The fourth-order valence-electron chi connectivity index (χ4n) is 4.39. The number of esters is 4. The second kappa shape index (κ2) is 15.3. The predicted molar refractivity (Wildman–Crippen MR) is 171 cm³/mol. The van der Waals surface area contributed by atoms with Gasteiger partial charge in [-0.25, -0.2) is 19.2 Å². The lowest BCUT2D eigenvalue weighted by Gasteiger charge is -2.34. The predicted octanol–water partition coefficient (Wildman–Crippen LogP) is 0.981. The molecule has 0 fully saturated rings. The first kappa shape index (κ1) is 39.1. The summed E-state index contributed by atoms with van der Waals surface area (Å²) in [6.45, 7) is -4.07. The highest BCUT2D eigenvalue weighted by atomic mass is 16.6. The molecule has 0 heterocycles. The Balaban J connectivity index is 1.74. The van der Waals surface area contributed by atoms with Gasteiger partial charge in [0.25, 0.3) is 0 Å². The van der Waals surface area contributed by atoms with Crippen LogP contribution in [-0.2, 0) is 18.9 Å². The third-order valence-electron chi connectivity index (χ3n) is 7.34. The molecule has 21 nitrogen and oxygen atoms in total. The molecule has 286 valence electrons. The van der Waals surface area contributed by atoms with Gasteiger partial charge in [0.2, 0.25) is 0 Å². The van der Waals surface area contributed by atoms with Gasteiger partial charge in [0.05, 0.1) is 22.3 Å². The van der Waals surface area contributed by atoms with E-state index in [0.717, 1.165) is 0 Å². The first-order valence-corrected chi connectivity index (χ1v) is 14.7. The lowest BCUT2D eigenvalue weighted by atomic mass is 9.98. The van der Waals surface area contributed by atoms with Gasteiger partial charge in [0.15, 0.2) is 80.7 Å². The van der Waals surface area contributed by atoms with Crippen molar-refractivity contribution in [2.24, 2.45) is 0 Å². The zero-order valence-electron chi connectivity index (χ0n) is 26.9. The van der Waals surface area contributed by atoms with Gasteiger partial charge in [-0.05, 0) is 48.5 Å². The molecule has 54 heavy (non-hydrogen) atoms. The second-order valence-electron chi connectivity index (χ2n) is 11.2. The van der Waals surface area contributed by atoms with Crippen molar-refractivity contribution in [2.45, 2.75) is 11.7 Å². The van der Waals surface area contributed by atoms with Crippen molar-refractivity contribution in [3.05, 3.63) is 70.8 Å². The number of carbonyl (C=O) groups is 4. The molecular weight excluding hydrogens is 732 g/mol. The maximum absolute atomic E-state index is 13.2. The Morgan fingerprint density at radius 3 is 0.944 bits per heavy atom. The van der Waals surface area contributed by atoms with E-state index in [4.69, 9.17) is 18.9 Å². The van der Waals surface area contributed by atoms with E-state index in [1.54, 1.807) is 0 Å². The second-order valence-corrected chi connectivity index (χ2v) is 11.2. The molecule has 4 aromatic carbocycles. The summed E-state index contributed by atoms with van der Waals surface area (Å²) in [5, 5.41) is 129. The summed E-state index contributed by atoms with van der Waals surface area (Å²) in [6.07, 6.45) is -2.34. The van der Waals surface area contributed by atoms with Crippen LogP contribution in [0.25, 0.3) is 0 Å². The van der Waals surface area contributed by atoms with Gasteiger partial charge < -0.3 is 85.3 Å². The average Bonchev–Trinajstić information content (AvgIpc) is 3.12. The van der Waals surface area contributed by atoms with Crippen molar-refractivity contribution in [1.82, 2.24) is 0 Å². The summed E-state index contributed by atoms with van der Waals surface area (Å²) in [7, 11) is 0. The van der Waals surface area contributed by atoms with Gasteiger partial charge in [0.1, 0.15) is 19.8 Å². The summed E-state index contributed by atoms with van der Waals surface area (Å²) < 4.78 is 20.5. The average molecular weight is 761 g/mol. The Kier molecular flexibility index (Phi) is 11.1. The van der Waals surface area contributed by atoms with Crippen LogP contribution in [0, 0.1) is 0 Å². The molecule has 0 amide bonds. The van der Waals surface area contributed by atoms with Crippen LogP contribution < -0.4 is 0 Å². The molecule has 0 aliphatic heterocycles. The summed E-state index contributed by atoms with van der Waals surface area (Å²) >= 11 is 0. The summed E-state index contributed by atoms with van der Waals surface area (Å²) in [6, 6.07) is 4.99. The Labute approximate surface area is 299 Å². The fraction of sp³-hybridized carbons (Fsp3) is 0.152. The van der Waals surface area contributed by atoms with Gasteiger partial charge in [-0.2, -0.15) is 0 Å². The van der Waals surface area contributed by atoms with Crippen LogP contribution in [0.5, 0.6) is 69.0 Å². The highest BCUT2D eigenvalue weighted by Gasteiger charge is 2.45. The summed E-state index contributed by atoms with van der Waals surface area (Å²) in [5.74, 6) is -18.0. The zero-order valence-corrected chi connectivity index (χ0v) is 26.9. The largest absolute Gasteiger partial charge is 0.504 e. The number of phenolic OH excluding ortho intramolecular Hbond substituents is 12. The topological polar surface area (TPSA) is 368 Å². The van der Waals surface area contributed by atoms with Crippen LogP contribution in [0.2, 0.25) is 0 Å². The van der Waals surface area contributed by atoms with Gasteiger partial charge >= 0.3 is 23.9 Å². The van der Waals surface area contributed by atoms with Gasteiger partial charge in [-0.1, -0.05) is 0 Å². The van der Waals surface area contributed by atoms with Crippen LogP contribution in [0.15, 0.2) is 48.5 Å². The highest BCUT2D eigenvalue weighted by Crippen LogP contribution is 2.39. The van der Waals surface area contributed by atoms with Crippen molar-refractivity contribution in [3.8, 4) is 69.0 Å². The van der Waals surface area contributed by atoms with Crippen molar-refractivity contribution in [1.29, 1.82) is 0 Å². The number of benzene rings is 4. The number of carbonyl (C=O) groups excluding carboxylic acids is 4. The number of aromatic hydroxyl groups is 12. The normalized spacial score (nSPS) is 11.6. The van der Waals surface area contributed by atoms with E-state index < -0.39 is 147 Å². The van der Waals surface area contributed by atoms with E-state index in [-0.39, 0.29) is 0 Å². The Morgan fingerprint density at radius 1 is 0.426 bits per heavy atom. The summed E-state index contributed by atoms with van der Waals surface area (Å²) in [4.78, 5) is 52.0. The lowest BCUT2D eigenvalue weighted by Crippen LogP contribution is -2.55. The minimum Gasteiger partial charge on any atom is -0.504 e. The molecule has 0 saturated heterocycles. The molecule has 0 spiro atoms. The van der Waals surface area contributed by atoms with Gasteiger partial charge in [-0.3, -0.25) is 0 Å². The van der Waals surface area contributed by atoms with Crippen molar-refractivity contribution < 1.29 is 105 Å². The lowest BCUT2D eigenvalue weighted by molar-refractivity contribution is -0.150. The standard InChI is InChI=1S/C33H28O21/c34-16-1-12(2-17(35)25(16)42)29(46)51-9-24(54-32(49)15-7-22(40)28(45)23(41)8-15)33(50,10-52-30(47)13-3-18(36)26(43)19(37)4-13)11-53-31(48)14-5-20(38)27(44)21(39)6-14/h1-8,24,34-45,50H,9-11H2/t24-/m1/s1. The molecule has 0 aromatic heterocycles. The molecule has 0 radical (unpaired) electrons. The van der Waals surface area contributed by atoms with Crippen LogP contribution in [0.4, 0.5) is 0 Å². The molecule has 0 bridgehead atoms. The third kappa shape index (κ3) is 8.43. The molecule has 1 atom stereocenters. The number of aliphatic hydroxyl groups is 1.